The molecule has 1 fully saturated rings. The van der Waals surface area contributed by atoms with E-state index in [0.717, 1.165) is 25.7 Å². The fourth-order valence-corrected chi connectivity index (χ4v) is 4.13. The number of carbonyl (C=O) groups excluding carboxylic acids is 1. The predicted molar refractivity (Wildman–Crippen MR) is 79.2 cm³/mol. The Morgan fingerprint density at radius 2 is 2.21 bits per heavy atom. The minimum absolute atomic E-state index is 0.178. The Morgan fingerprint density at radius 3 is 2.68 bits per heavy atom. The number of nitrogens with two attached hydrogens (primary N) is 1. The molecular formula is C14H23N3OS. The first-order valence-electron chi connectivity index (χ1n) is 6.79. The van der Waals surface area contributed by atoms with Gasteiger partial charge in [-0.15, -0.1) is 11.3 Å². The van der Waals surface area contributed by atoms with Crippen molar-refractivity contribution >= 4 is 17.4 Å². The molecule has 5 heteroatoms. The molecule has 0 aliphatic heterocycles. The summed E-state index contributed by atoms with van der Waals surface area (Å²) in [6.45, 7) is 0.712. The molecule has 0 bridgehead atoms. The molecule has 4 nitrogen and oxygen atoms in total. The Bertz CT molecular complexity index is 408. The van der Waals surface area contributed by atoms with Crippen LogP contribution in [0.1, 0.15) is 30.6 Å². The fourth-order valence-electron chi connectivity index (χ4n) is 3.06. The summed E-state index contributed by atoms with van der Waals surface area (Å²) >= 11 is 1.84. The van der Waals surface area contributed by atoms with Crippen LogP contribution < -0.4 is 11.1 Å². The van der Waals surface area contributed by atoms with Crippen LogP contribution in [-0.2, 0) is 5.54 Å². The first-order valence-corrected chi connectivity index (χ1v) is 7.67. The van der Waals surface area contributed by atoms with Crippen LogP contribution in [0.25, 0.3) is 0 Å². The van der Waals surface area contributed by atoms with Gasteiger partial charge >= 0.3 is 6.03 Å². The van der Waals surface area contributed by atoms with Gasteiger partial charge in [-0.25, -0.2) is 4.79 Å². The SMILES string of the molecule is CN(C)C1(c2cccs2)CCC(CNC(N)=O)CC1. The molecule has 2 rings (SSSR count). The molecule has 1 aliphatic rings. The van der Waals surface area contributed by atoms with Gasteiger partial charge in [0.1, 0.15) is 0 Å². The van der Waals surface area contributed by atoms with E-state index in [2.05, 4.69) is 41.8 Å². The summed E-state index contributed by atoms with van der Waals surface area (Å²) in [7, 11) is 4.34. The number of hydrogen-bond donors (Lipinski definition) is 2. The van der Waals surface area contributed by atoms with Crippen molar-refractivity contribution in [3.63, 3.8) is 0 Å². The maximum absolute atomic E-state index is 10.8. The quantitative estimate of drug-likeness (QED) is 0.890. The zero-order chi connectivity index (χ0) is 13.9. The molecule has 1 aliphatic carbocycles. The molecule has 0 radical (unpaired) electrons. The predicted octanol–water partition coefficient (Wildman–Crippen LogP) is 2.36. The highest BCUT2D eigenvalue weighted by atomic mass is 32.1. The molecule has 0 saturated heterocycles. The van der Waals surface area contributed by atoms with Crippen molar-refractivity contribution in [2.24, 2.45) is 11.7 Å². The third kappa shape index (κ3) is 3.09. The molecule has 1 aromatic heterocycles. The van der Waals surface area contributed by atoms with Crippen molar-refractivity contribution in [2.45, 2.75) is 31.2 Å². The number of nitrogens with zero attached hydrogens (tertiary/aromatic N) is 1. The number of thiophene rings is 1. The van der Waals surface area contributed by atoms with E-state index in [-0.39, 0.29) is 5.54 Å². The molecule has 106 valence electrons. The Hall–Kier alpha value is -1.07. The van der Waals surface area contributed by atoms with Gasteiger partial charge in [0, 0.05) is 11.4 Å². The molecule has 0 unspecified atom stereocenters. The van der Waals surface area contributed by atoms with E-state index in [4.69, 9.17) is 5.73 Å². The molecule has 2 amide bonds. The summed E-state index contributed by atoms with van der Waals surface area (Å²) in [6, 6.07) is 3.96. The molecular weight excluding hydrogens is 258 g/mol. The molecule has 3 N–H and O–H groups in total. The number of carbonyl (C=O) groups is 1. The highest BCUT2D eigenvalue weighted by Crippen LogP contribution is 2.44. The zero-order valence-corrected chi connectivity index (χ0v) is 12.5. The third-order valence-corrected chi connectivity index (χ3v) is 5.40. The summed E-state index contributed by atoms with van der Waals surface area (Å²) in [6.07, 6.45) is 4.56. The molecule has 1 aromatic rings. The van der Waals surface area contributed by atoms with Crippen LogP contribution in [-0.4, -0.2) is 31.6 Å². The van der Waals surface area contributed by atoms with Gasteiger partial charge in [0.25, 0.3) is 0 Å². The lowest BCUT2D eigenvalue weighted by atomic mass is 9.75. The van der Waals surface area contributed by atoms with Crippen LogP contribution in [0.2, 0.25) is 0 Å². The second-order valence-corrected chi connectivity index (χ2v) is 6.54. The minimum atomic E-state index is -0.414. The smallest absolute Gasteiger partial charge is 0.312 e. The Kier molecular flexibility index (Phi) is 4.47. The normalized spacial score (nSPS) is 27.4. The first-order chi connectivity index (χ1) is 9.04. The van der Waals surface area contributed by atoms with Gasteiger partial charge < -0.3 is 11.1 Å². The van der Waals surface area contributed by atoms with Crippen molar-refractivity contribution in [3.8, 4) is 0 Å². The van der Waals surface area contributed by atoms with Crippen LogP contribution in [0.3, 0.4) is 0 Å². The average Bonchev–Trinajstić information content (AvgIpc) is 2.91. The first kappa shape index (κ1) is 14.3. The number of amides is 2. The summed E-state index contributed by atoms with van der Waals surface area (Å²) in [5, 5.41) is 4.89. The van der Waals surface area contributed by atoms with Crippen LogP contribution in [0, 0.1) is 5.92 Å². The molecule has 1 heterocycles. The van der Waals surface area contributed by atoms with Gasteiger partial charge in [0.2, 0.25) is 0 Å². The average molecular weight is 281 g/mol. The lowest BCUT2D eigenvalue weighted by Crippen LogP contribution is -2.45. The number of nitrogens with one attached hydrogen (secondary N) is 1. The maximum atomic E-state index is 10.8. The van der Waals surface area contributed by atoms with E-state index in [1.807, 2.05) is 11.3 Å². The summed E-state index contributed by atoms with van der Waals surface area (Å²) < 4.78 is 0. The molecule has 0 atom stereocenters. The van der Waals surface area contributed by atoms with Gasteiger partial charge in [-0.2, -0.15) is 0 Å². The largest absolute Gasteiger partial charge is 0.352 e. The van der Waals surface area contributed by atoms with E-state index in [1.54, 1.807) is 0 Å². The molecule has 1 saturated carbocycles. The second-order valence-electron chi connectivity index (χ2n) is 5.59. The second kappa shape index (κ2) is 5.92. The summed E-state index contributed by atoms with van der Waals surface area (Å²) in [5.41, 5.74) is 5.31. The molecule has 0 spiro atoms. The lowest BCUT2D eigenvalue weighted by Gasteiger charge is -2.44. The maximum Gasteiger partial charge on any atom is 0.312 e. The minimum Gasteiger partial charge on any atom is -0.352 e. The van der Waals surface area contributed by atoms with Gasteiger partial charge in [-0.1, -0.05) is 6.07 Å². The highest BCUT2D eigenvalue weighted by molar-refractivity contribution is 7.10. The number of hydrogen-bond acceptors (Lipinski definition) is 3. The lowest BCUT2D eigenvalue weighted by molar-refractivity contribution is 0.0811. The monoisotopic (exact) mass is 281 g/mol. The zero-order valence-electron chi connectivity index (χ0n) is 11.7. The Labute approximate surface area is 119 Å². The number of primary amides is 1. The van der Waals surface area contributed by atoms with E-state index in [0.29, 0.717) is 12.5 Å². The van der Waals surface area contributed by atoms with E-state index < -0.39 is 6.03 Å². The van der Waals surface area contributed by atoms with Crippen molar-refractivity contribution in [1.29, 1.82) is 0 Å². The molecule has 19 heavy (non-hydrogen) atoms. The Morgan fingerprint density at radius 1 is 1.53 bits per heavy atom. The van der Waals surface area contributed by atoms with E-state index in [1.165, 1.54) is 4.88 Å². The van der Waals surface area contributed by atoms with E-state index >= 15 is 0 Å². The van der Waals surface area contributed by atoms with Crippen LogP contribution in [0.5, 0.6) is 0 Å². The van der Waals surface area contributed by atoms with Crippen molar-refractivity contribution in [2.75, 3.05) is 20.6 Å². The number of urea groups is 1. The van der Waals surface area contributed by atoms with Crippen molar-refractivity contribution in [1.82, 2.24) is 10.2 Å². The van der Waals surface area contributed by atoms with Crippen LogP contribution in [0.4, 0.5) is 4.79 Å². The third-order valence-electron chi connectivity index (χ3n) is 4.33. The summed E-state index contributed by atoms with van der Waals surface area (Å²) in [4.78, 5) is 14.6. The van der Waals surface area contributed by atoms with Gasteiger partial charge in [0.15, 0.2) is 0 Å². The summed E-state index contributed by atoms with van der Waals surface area (Å²) in [5.74, 6) is 0.556. The van der Waals surface area contributed by atoms with Gasteiger partial charge in [-0.3, -0.25) is 4.90 Å². The van der Waals surface area contributed by atoms with Crippen LogP contribution in [0.15, 0.2) is 17.5 Å². The number of rotatable bonds is 4. The fraction of sp³-hybridized carbons (Fsp3) is 0.643. The van der Waals surface area contributed by atoms with Gasteiger partial charge in [-0.05, 0) is 57.1 Å². The van der Waals surface area contributed by atoms with Gasteiger partial charge in [0.05, 0.1) is 5.54 Å². The van der Waals surface area contributed by atoms with E-state index in [9.17, 15) is 4.79 Å². The van der Waals surface area contributed by atoms with Crippen molar-refractivity contribution in [3.05, 3.63) is 22.4 Å². The Balaban J connectivity index is 2.01. The van der Waals surface area contributed by atoms with Crippen molar-refractivity contribution < 1.29 is 4.79 Å². The van der Waals surface area contributed by atoms with Crippen LogP contribution >= 0.6 is 11.3 Å². The highest BCUT2D eigenvalue weighted by Gasteiger charge is 2.39. The standard InChI is InChI=1S/C14H23N3OS/c1-17(2)14(12-4-3-9-19-12)7-5-11(6-8-14)10-16-13(15)18/h3-4,9,11H,5-8,10H2,1-2H3,(H3,15,16,18). The molecule has 0 aromatic carbocycles. The topological polar surface area (TPSA) is 58.4 Å².